The van der Waals surface area contributed by atoms with Gasteiger partial charge in [0.2, 0.25) is 0 Å². The van der Waals surface area contributed by atoms with Crippen LogP contribution < -0.4 is 10.1 Å². The molecule has 2 atom stereocenters. The second-order valence-corrected chi connectivity index (χ2v) is 8.57. The maximum atomic E-state index is 13.2. The van der Waals surface area contributed by atoms with Gasteiger partial charge in [-0.25, -0.2) is 9.78 Å². The van der Waals surface area contributed by atoms with E-state index in [1.54, 1.807) is 0 Å². The number of fused-ring (bicyclic) bond motifs is 1. The van der Waals surface area contributed by atoms with Crippen molar-refractivity contribution in [2.24, 2.45) is 0 Å². The lowest BCUT2D eigenvalue weighted by molar-refractivity contribution is 0.205. The lowest BCUT2D eigenvalue weighted by Gasteiger charge is -2.24. The van der Waals surface area contributed by atoms with Crippen LogP contribution in [0.4, 0.5) is 10.5 Å². The van der Waals surface area contributed by atoms with E-state index in [0.717, 1.165) is 52.3 Å². The first kappa shape index (κ1) is 21.1. The quantitative estimate of drug-likeness (QED) is 0.378. The van der Waals surface area contributed by atoms with Crippen molar-refractivity contribution in [3.8, 4) is 5.75 Å². The van der Waals surface area contributed by atoms with Crippen LogP contribution in [0.15, 0.2) is 72.8 Å². The van der Waals surface area contributed by atoms with E-state index >= 15 is 0 Å². The molecule has 0 spiro atoms. The largest absolute Gasteiger partial charge is 0.486 e. The summed E-state index contributed by atoms with van der Waals surface area (Å²) in [5, 5.41) is 3.09. The molecule has 33 heavy (non-hydrogen) atoms. The molecule has 1 aromatic heterocycles. The molecule has 2 N–H and O–H groups in total. The van der Waals surface area contributed by atoms with E-state index in [-0.39, 0.29) is 18.2 Å². The summed E-state index contributed by atoms with van der Waals surface area (Å²) < 4.78 is 6.11. The highest BCUT2D eigenvalue weighted by atomic mass is 16.5. The molecule has 0 bridgehead atoms. The zero-order valence-corrected chi connectivity index (χ0v) is 18.9. The number of nitrogens with zero attached hydrogens (tertiary/aromatic N) is 2. The number of imidazole rings is 1. The molecule has 4 aromatic rings. The summed E-state index contributed by atoms with van der Waals surface area (Å²) in [6.07, 6.45) is 1.80. The van der Waals surface area contributed by atoms with Crippen molar-refractivity contribution in [3.05, 3.63) is 89.7 Å². The monoisotopic (exact) mass is 440 g/mol. The number of anilines is 1. The number of carbonyl (C=O) groups is 1. The first-order valence-electron chi connectivity index (χ1n) is 11.4. The van der Waals surface area contributed by atoms with Crippen LogP contribution >= 0.6 is 0 Å². The van der Waals surface area contributed by atoms with E-state index in [9.17, 15) is 4.79 Å². The summed E-state index contributed by atoms with van der Waals surface area (Å²) in [7, 11) is 0. The Labute approximate surface area is 193 Å². The molecule has 1 fully saturated rings. The van der Waals surface area contributed by atoms with E-state index in [0.29, 0.717) is 6.54 Å². The van der Waals surface area contributed by atoms with E-state index in [1.807, 2.05) is 79.4 Å². The summed E-state index contributed by atoms with van der Waals surface area (Å²) in [6.45, 7) is 4.73. The number of benzene rings is 3. The summed E-state index contributed by atoms with van der Waals surface area (Å²) in [6, 6.07) is 23.7. The molecule has 2 unspecified atom stereocenters. The van der Waals surface area contributed by atoms with Gasteiger partial charge in [-0.1, -0.05) is 42.5 Å². The smallest absolute Gasteiger partial charge is 0.322 e. The van der Waals surface area contributed by atoms with Gasteiger partial charge in [0, 0.05) is 12.2 Å². The third kappa shape index (κ3) is 4.42. The second-order valence-electron chi connectivity index (χ2n) is 8.57. The van der Waals surface area contributed by atoms with Crippen molar-refractivity contribution < 1.29 is 9.53 Å². The molecule has 2 amide bonds. The molecule has 0 saturated carbocycles. The number of carbonyl (C=O) groups excluding carboxylic acids is 1. The van der Waals surface area contributed by atoms with Crippen LogP contribution in [-0.2, 0) is 0 Å². The number of para-hydroxylation sites is 2. The summed E-state index contributed by atoms with van der Waals surface area (Å²) in [5.41, 5.74) is 4.79. The number of aryl methyl sites for hydroxylation is 1. The van der Waals surface area contributed by atoms with Crippen molar-refractivity contribution in [2.75, 3.05) is 11.9 Å². The Morgan fingerprint density at radius 2 is 1.91 bits per heavy atom. The molecule has 168 valence electrons. The fourth-order valence-electron chi connectivity index (χ4n) is 4.46. The maximum absolute atomic E-state index is 13.2. The highest BCUT2D eigenvalue weighted by Gasteiger charge is 2.32. The Kier molecular flexibility index (Phi) is 5.73. The summed E-state index contributed by atoms with van der Waals surface area (Å²) in [4.78, 5) is 23.1. The van der Waals surface area contributed by atoms with Gasteiger partial charge in [-0.2, -0.15) is 0 Å². The zero-order chi connectivity index (χ0) is 22.8. The first-order valence-corrected chi connectivity index (χ1v) is 11.4. The van der Waals surface area contributed by atoms with Crippen molar-refractivity contribution in [1.29, 1.82) is 0 Å². The number of rotatable bonds is 5. The summed E-state index contributed by atoms with van der Waals surface area (Å²) >= 11 is 0. The zero-order valence-electron chi connectivity index (χ0n) is 18.9. The van der Waals surface area contributed by atoms with Crippen LogP contribution in [0.5, 0.6) is 5.75 Å². The van der Waals surface area contributed by atoms with Crippen LogP contribution in [0.2, 0.25) is 0 Å². The van der Waals surface area contributed by atoms with Gasteiger partial charge in [-0.05, 0) is 68.1 Å². The number of nitrogens with one attached hydrogen (secondary N) is 2. The number of aromatic amines is 1. The van der Waals surface area contributed by atoms with Crippen LogP contribution in [0.1, 0.15) is 48.9 Å². The molecule has 2 heterocycles. The van der Waals surface area contributed by atoms with Crippen LogP contribution in [-0.4, -0.2) is 27.4 Å². The lowest BCUT2D eigenvalue weighted by atomic mass is 10.1. The van der Waals surface area contributed by atoms with Gasteiger partial charge < -0.3 is 19.9 Å². The van der Waals surface area contributed by atoms with Gasteiger partial charge in [0.25, 0.3) is 0 Å². The van der Waals surface area contributed by atoms with Gasteiger partial charge in [0.15, 0.2) is 0 Å². The number of amides is 2. The molecule has 0 radical (unpaired) electrons. The minimum absolute atomic E-state index is 0.0490. The van der Waals surface area contributed by atoms with Gasteiger partial charge >= 0.3 is 6.03 Å². The SMILES string of the molecule is Cc1cc(OC(C)c2ccccc2)ccc1NC(=O)N1CCCC1c1nc2ccccc2[nH]1. The topological polar surface area (TPSA) is 70.2 Å². The Bertz CT molecular complexity index is 1230. The average molecular weight is 441 g/mol. The summed E-state index contributed by atoms with van der Waals surface area (Å²) in [5.74, 6) is 1.63. The van der Waals surface area contributed by atoms with E-state index in [4.69, 9.17) is 9.72 Å². The van der Waals surface area contributed by atoms with Crippen molar-refractivity contribution in [2.45, 2.75) is 38.8 Å². The molecule has 3 aromatic carbocycles. The molecule has 1 aliphatic rings. The number of hydrogen-bond donors (Lipinski definition) is 2. The highest BCUT2D eigenvalue weighted by molar-refractivity contribution is 5.90. The highest BCUT2D eigenvalue weighted by Crippen LogP contribution is 2.33. The standard InChI is InChI=1S/C27H28N4O2/c1-18-17-21(33-19(2)20-9-4-3-5-10-20)14-15-22(18)30-27(32)31-16-8-13-25(31)26-28-23-11-6-7-12-24(23)29-26/h3-7,9-12,14-15,17,19,25H,8,13,16H2,1-2H3,(H,28,29)(H,30,32). The molecular weight excluding hydrogens is 412 g/mol. The minimum Gasteiger partial charge on any atom is -0.486 e. The van der Waals surface area contributed by atoms with E-state index in [1.165, 1.54) is 0 Å². The second kappa shape index (κ2) is 8.98. The molecule has 5 rings (SSSR count). The molecular formula is C27H28N4O2. The first-order chi connectivity index (χ1) is 16.1. The molecule has 6 nitrogen and oxygen atoms in total. The van der Waals surface area contributed by atoms with E-state index < -0.39 is 0 Å². The minimum atomic E-state index is -0.104. The molecule has 6 heteroatoms. The van der Waals surface area contributed by atoms with Crippen molar-refractivity contribution in [3.63, 3.8) is 0 Å². The molecule has 1 aliphatic heterocycles. The lowest BCUT2D eigenvalue weighted by Crippen LogP contribution is -2.35. The molecule has 1 saturated heterocycles. The maximum Gasteiger partial charge on any atom is 0.322 e. The fourth-order valence-corrected chi connectivity index (χ4v) is 4.46. The third-order valence-corrected chi connectivity index (χ3v) is 6.26. The Balaban J connectivity index is 1.28. The van der Waals surface area contributed by atoms with Gasteiger partial charge in [-0.3, -0.25) is 0 Å². The predicted molar refractivity (Wildman–Crippen MR) is 130 cm³/mol. The van der Waals surface area contributed by atoms with Crippen LogP contribution in [0.3, 0.4) is 0 Å². The number of hydrogen-bond acceptors (Lipinski definition) is 3. The number of aromatic nitrogens is 2. The predicted octanol–water partition coefficient (Wildman–Crippen LogP) is 6.38. The van der Waals surface area contributed by atoms with Crippen molar-refractivity contribution in [1.82, 2.24) is 14.9 Å². The van der Waals surface area contributed by atoms with Gasteiger partial charge in [-0.15, -0.1) is 0 Å². The van der Waals surface area contributed by atoms with Gasteiger partial charge in [0.05, 0.1) is 17.1 Å². The van der Waals surface area contributed by atoms with Crippen LogP contribution in [0, 0.1) is 6.92 Å². The Morgan fingerprint density at radius 3 is 2.70 bits per heavy atom. The Morgan fingerprint density at radius 1 is 1.12 bits per heavy atom. The average Bonchev–Trinajstić information content (AvgIpc) is 3.48. The number of urea groups is 1. The number of H-pyrrole nitrogens is 1. The third-order valence-electron chi connectivity index (χ3n) is 6.26. The number of likely N-dealkylation sites (tertiary alicyclic amines) is 1. The fraction of sp³-hybridized carbons (Fsp3) is 0.259. The van der Waals surface area contributed by atoms with Gasteiger partial charge in [0.1, 0.15) is 17.7 Å². The van der Waals surface area contributed by atoms with E-state index in [2.05, 4.69) is 22.4 Å². The Hall–Kier alpha value is -3.80. The molecule has 0 aliphatic carbocycles. The normalized spacial score (nSPS) is 16.7. The number of ether oxygens (including phenoxy) is 1. The van der Waals surface area contributed by atoms with Crippen LogP contribution in [0.25, 0.3) is 11.0 Å². The van der Waals surface area contributed by atoms with Crippen molar-refractivity contribution >= 4 is 22.8 Å².